The van der Waals surface area contributed by atoms with Crippen LogP contribution < -0.4 is 0 Å². The van der Waals surface area contributed by atoms with Crippen LogP contribution in [0.15, 0.2) is 66.0 Å². The number of aromatic nitrogens is 2. The molecule has 0 saturated carbocycles. The summed E-state index contributed by atoms with van der Waals surface area (Å²) in [5.74, 6) is 0.752. The Morgan fingerprint density at radius 3 is 2.35 bits per heavy atom. The quantitative estimate of drug-likeness (QED) is 0.420. The van der Waals surface area contributed by atoms with Crippen LogP contribution >= 0.6 is 22.9 Å². The molecule has 4 rings (SSSR count). The fourth-order valence-corrected chi connectivity index (χ4v) is 4.34. The zero-order chi connectivity index (χ0) is 17.9. The number of hydrogen-bond acceptors (Lipinski definition) is 4. The Bertz CT molecular complexity index is 1020. The number of nitrogens with zero attached hydrogens (tertiary/aromatic N) is 3. The van der Waals surface area contributed by atoms with Crippen molar-refractivity contribution in [3.63, 3.8) is 0 Å². The van der Waals surface area contributed by atoms with Crippen LogP contribution in [-0.4, -0.2) is 21.9 Å². The number of halogens is 1. The fraction of sp³-hybridized carbons (Fsp3) is 0.143. The van der Waals surface area contributed by atoms with Crippen LogP contribution in [0.25, 0.3) is 21.3 Å². The second-order valence-electron chi connectivity index (χ2n) is 6.28. The Morgan fingerprint density at radius 1 is 0.923 bits per heavy atom. The Hall–Kier alpha value is -2.27. The smallest absolute Gasteiger partial charge is 0.145 e. The van der Waals surface area contributed by atoms with Crippen molar-refractivity contribution < 1.29 is 0 Å². The lowest BCUT2D eigenvalue weighted by Gasteiger charge is -2.16. The van der Waals surface area contributed by atoms with E-state index in [1.165, 1.54) is 5.56 Å². The monoisotopic (exact) mass is 379 g/mol. The first kappa shape index (κ1) is 17.2. The van der Waals surface area contributed by atoms with Crippen molar-refractivity contribution in [2.75, 3.05) is 7.05 Å². The molecule has 0 aliphatic carbocycles. The summed E-state index contributed by atoms with van der Waals surface area (Å²) >= 11 is 8.15. The number of fused-ring (bicyclic) bond motifs is 1. The van der Waals surface area contributed by atoms with Gasteiger partial charge in [0.1, 0.15) is 15.8 Å². The van der Waals surface area contributed by atoms with Gasteiger partial charge in [0.15, 0.2) is 0 Å². The molecule has 0 atom stereocenters. The van der Waals surface area contributed by atoms with Crippen LogP contribution in [0.4, 0.5) is 0 Å². The second kappa shape index (κ2) is 7.54. The average molecular weight is 380 g/mol. The maximum atomic E-state index is 6.54. The van der Waals surface area contributed by atoms with E-state index in [1.807, 2.05) is 24.3 Å². The molecule has 5 heteroatoms. The van der Waals surface area contributed by atoms with E-state index in [1.54, 1.807) is 11.3 Å². The van der Waals surface area contributed by atoms with Gasteiger partial charge < -0.3 is 0 Å². The van der Waals surface area contributed by atoms with Gasteiger partial charge in [-0.25, -0.2) is 9.97 Å². The van der Waals surface area contributed by atoms with Gasteiger partial charge in [-0.15, -0.1) is 11.3 Å². The molecule has 0 saturated heterocycles. The highest BCUT2D eigenvalue weighted by Crippen LogP contribution is 2.36. The van der Waals surface area contributed by atoms with Crippen LogP contribution in [0.2, 0.25) is 5.15 Å². The predicted octanol–water partition coefficient (Wildman–Crippen LogP) is 5.64. The first-order valence-electron chi connectivity index (χ1n) is 8.42. The second-order valence-corrected chi connectivity index (χ2v) is 7.50. The first-order chi connectivity index (χ1) is 12.7. The third kappa shape index (κ3) is 3.63. The fourth-order valence-electron chi connectivity index (χ4n) is 3.03. The Kier molecular flexibility index (Phi) is 4.98. The molecule has 4 aromatic rings. The molecule has 0 amide bonds. The highest BCUT2D eigenvalue weighted by atomic mass is 35.5. The third-order valence-corrected chi connectivity index (χ3v) is 5.37. The van der Waals surface area contributed by atoms with Crippen molar-refractivity contribution in [1.82, 2.24) is 14.9 Å². The lowest BCUT2D eigenvalue weighted by molar-refractivity contribution is 0.311. The molecule has 0 aliphatic rings. The first-order valence-corrected chi connectivity index (χ1v) is 9.68. The standard InChI is InChI=1S/C21H18ClN3S/c1-25(12-15-8-4-2-5-9-15)13-18-23-20(22)19-17(14-26-21(19)24-18)16-10-6-3-7-11-16/h2-11,14H,12-13H2,1H3. The summed E-state index contributed by atoms with van der Waals surface area (Å²) in [4.78, 5) is 12.4. The third-order valence-electron chi connectivity index (χ3n) is 4.23. The van der Waals surface area contributed by atoms with Crippen molar-refractivity contribution in [1.29, 1.82) is 0 Å². The van der Waals surface area contributed by atoms with Crippen molar-refractivity contribution >= 4 is 33.2 Å². The number of thiophene rings is 1. The Balaban J connectivity index is 1.60. The van der Waals surface area contributed by atoms with E-state index in [0.29, 0.717) is 11.7 Å². The van der Waals surface area contributed by atoms with Crippen LogP contribution in [-0.2, 0) is 13.1 Å². The van der Waals surface area contributed by atoms with Gasteiger partial charge in [0, 0.05) is 17.5 Å². The Morgan fingerprint density at radius 2 is 1.62 bits per heavy atom. The van der Waals surface area contributed by atoms with Gasteiger partial charge >= 0.3 is 0 Å². The maximum absolute atomic E-state index is 6.54. The summed E-state index contributed by atoms with van der Waals surface area (Å²) in [6.07, 6.45) is 0. The van der Waals surface area contributed by atoms with E-state index in [4.69, 9.17) is 16.6 Å². The SMILES string of the molecule is CN(Cc1ccccc1)Cc1nc(Cl)c2c(-c3ccccc3)csc2n1. The van der Waals surface area contributed by atoms with Crippen LogP contribution in [0.1, 0.15) is 11.4 Å². The van der Waals surface area contributed by atoms with Gasteiger partial charge in [0.25, 0.3) is 0 Å². The van der Waals surface area contributed by atoms with Gasteiger partial charge in [-0.2, -0.15) is 0 Å². The highest BCUT2D eigenvalue weighted by molar-refractivity contribution is 7.17. The van der Waals surface area contributed by atoms with Gasteiger partial charge in [-0.3, -0.25) is 4.90 Å². The van der Waals surface area contributed by atoms with E-state index in [-0.39, 0.29) is 0 Å². The molecule has 0 aliphatic heterocycles. The van der Waals surface area contributed by atoms with Crippen molar-refractivity contribution in [3.05, 3.63) is 82.6 Å². The molecular weight excluding hydrogens is 362 g/mol. The molecule has 2 heterocycles. The molecule has 26 heavy (non-hydrogen) atoms. The Labute approximate surface area is 161 Å². The van der Waals surface area contributed by atoms with Crippen molar-refractivity contribution in [2.24, 2.45) is 0 Å². The summed E-state index contributed by atoms with van der Waals surface area (Å²) in [5.41, 5.74) is 3.50. The van der Waals surface area contributed by atoms with Gasteiger partial charge in [0.05, 0.1) is 11.9 Å². The minimum Gasteiger partial charge on any atom is -0.295 e. The normalized spacial score (nSPS) is 11.3. The van der Waals surface area contributed by atoms with Crippen molar-refractivity contribution in [3.8, 4) is 11.1 Å². The summed E-state index contributed by atoms with van der Waals surface area (Å²) in [7, 11) is 2.07. The molecule has 2 aromatic heterocycles. The average Bonchev–Trinajstić information content (AvgIpc) is 3.08. The number of hydrogen-bond donors (Lipinski definition) is 0. The maximum Gasteiger partial charge on any atom is 0.145 e. The molecule has 0 spiro atoms. The summed E-state index contributed by atoms with van der Waals surface area (Å²) in [5, 5.41) is 3.58. The van der Waals surface area contributed by atoms with E-state index in [9.17, 15) is 0 Å². The minimum atomic E-state index is 0.526. The molecule has 0 radical (unpaired) electrons. The van der Waals surface area contributed by atoms with Gasteiger partial charge in [-0.1, -0.05) is 72.3 Å². The van der Waals surface area contributed by atoms with Gasteiger partial charge in [-0.05, 0) is 18.2 Å². The van der Waals surface area contributed by atoms with Crippen molar-refractivity contribution in [2.45, 2.75) is 13.1 Å². The van der Waals surface area contributed by atoms with E-state index in [0.717, 1.165) is 33.7 Å². The molecule has 0 bridgehead atoms. The zero-order valence-corrected chi connectivity index (χ0v) is 16.0. The lowest BCUT2D eigenvalue weighted by atomic mass is 10.1. The molecule has 2 aromatic carbocycles. The number of benzene rings is 2. The van der Waals surface area contributed by atoms with E-state index < -0.39 is 0 Å². The minimum absolute atomic E-state index is 0.526. The molecule has 0 fully saturated rings. The predicted molar refractivity (Wildman–Crippen MR) is 109 cm³/mol. The molecule has 0 N–H and O–H groups in total. The van der Waals surface area contributed by atoms with Crippen LogP contribution in [0.3, 0.4) is 0 Å². The van der Waals surface area contributed by atoms with Gasteiger partial charge in [0.2, 0.25) is 0 Å². The van der Waals surface area contributed by atoms with Crippen LogP contribution in [0, 0.1) is 0 Å². The van der Waals surface area contributed by atoms with Crippen LogP contribution in [0.5, 0.6) is 0 Å². The summed E-state index contributed by atoms with van der Waals surface area (Å²) in [6, 6.07) is 20.6. The summed E-state index contributed by atoms with van der Waals surface area (Å²) < 4.78 is 0. The summed E-state index contributed by atoms with van der Waals surface area (Å²) in [6.45, 7) is 1.50. The molecule has 130 valence electrons. The molecular formula is C21H18ClN3S. The zero-order valence-electron chi connectivity index (χ0n) is 14.4. The van der Waals surface area contributed by atoms with E-state index in [2.05, 4.69) is 58.7 Å². The lowest BCUT2D eigenvalue weighted by Crippen LogP contribution is -2.18. The number of rotatable bonds is 5. The highest BCUT2D eigenvalue weighted by Gasteiger charge is 2.15. The molecule has 3 nitrogen and oxygen atoms in total. The largest absolute Gasteiger partial charge is 0.295 e. The van der Waals surface area contributed by atoms with E-state index >= 15 is 0 Å². The molecule has 0 unspecified atom stereocenters. The topological polar surface area (TPSA) is 29.0 Å².